The molecule has 0 bridgehead atoms. The van der Waals surface area contributed by atoms with Crippen molar-refractivity contribution in [2.75, 3.05) is 22.9 Å². The highest BCUT2D eigenvalue weighted by molar-refractivity contribution is 7.63. The molecule has 3 aliphatic carbocycles. The number of hydrogen-bond donors (Lipinski definition) is 0. The molecule has 4 aliphatic rings. The normalized spacial score (nSPS) is 23.8. The Balaban J connectivity index is 1.44. The van der Waals surface area contributed by atoms with E-state index in [4.69, 9.17) is 23.2 Å². The summed E-state index contributed by atoms with van der Waals surface area (Å²) in [7, 11) is -0.607. The molecule has 0 amide bonds. The molecule has 0 aromatic heterocycles. The predicted molar refractivity (Wildman–Crippen MR) is 255 cm³/mol. The number of alkyl halides is 2. The van der Waals surface area contributed by atoms with E-state index in [1.54, 1.807) is 0 Å². The maximum atomic E-state index is 8.78. The molecule has 58 heavy (non-hydrogen) atoms. The Bertz CT molecular complexity index is 2060. The molecular weight excluding hydrogens is 766 g/mol. The number of hydrogen-bond acceptors (Lipinski definition) is 2. The third-order valence-electron chi connectivity index (χ3n) is 13.5. The predicted octanol–water partition coefficient (Wildman–Crippen LogP) is 15.3. The average Bonchev–Trinajstić information content (AvgIpc) is 3.60. The molecular formula is C53H63Cl2N2P. The fourth-order valence-corrected chi connectivity index (χ4v) is 17.5. The van der Waals surface area contributed by atoms with E-state index < -0.39 is 17.9 Å². The Hall–Kier alpha value is -3.29. The molecule has 0 N–H and O–H groups in total. The van der Waals surface area contributed by atoms with Gasteiger partial charge in [-0.3, -0.25) is 0 Å². The van der Waals surface area contributed by atoms with Crippen LogP contribution in [0.5, 0.6) is 0 Å². The second-order valence-electron chi connectivity index (χ2n) is 17.9. The van der Waals surface area contributed by atoms with E-state index in [-0.39, 0.29) is 0 Å². The Kier molecular flexibility index (Phi) is 12.7. The van der Waals surface area contributed by atoms with E-state index in [1.165, 1.54) is 143 Å². The molecule has 0 spiro atoms. The third kappa shape index (κ3) is 8.25. The molecule has 4 aromatic carbocycles. The summed E-state index contributed by atoms with van der Waals surface area (Å²) in [5, 5.41) is -0.422. The van der Waals surface area contributed by atoms with Crippen LogP contribution in [0, 0.1) is 41.5 Å². The summed E-state index contributed by atoms with van der Waals surface area (Å²) in [6.45, 7) is 15.3. The molecule has 4 aromatic rings. The summed E-state index contributed by atoms with van der Waals surface area (Å²) in [5.74, 6) is 1.21. The van der Waals surface area contributed by atoms with Crippen molar-refractivity contribution in [3.63, 3.8) is 0 Å². The molecule has 8 rings (SSSR count). The fraction of sp³-hybridized carbons (Fsp3) is 0.434. The van der Waals surface area contributed by atoms with Gasteiger partial charge >= 0.3 is 0 Å². The van der Waals surface area contributed by atoms with E-state index in [2.05, 4.69) is 148 Å². The lowest BCUT2D eigenvalue weighted by atomic mass is 9.82. The number of nitrogens with zero attached hydrogens (tertiary/aromatic N) is 2. The summed E-state index contributed by atoms with van der Waals surface area (Å²) < 4.78 is -0.564. The number of halogens is 2. The zero-order valence-corrected chi connectivity index (χ0v) is 38.2. The van der Waals surface area contributed by atoms with Gasteiger partial charge in [-0.25, -0.2) is 0 Å². The van der Waals surface area contributed by atoms with Crippen molar-refractivity contribution < 1.29 is 0 Å². The topological polar surface area (TPSA) is 6.48 Å². The van der Waals surface area contributed by atoms with Gasteiger partial charge in [0.25, 0.3) is 0 Å². The Morgan fingerprint density at radius 3 is 1.43 bits per heavy atom. The lowest BCUT2D eigenvalue weighted by molar-refractivity contribution is 0.479. The van der Waals surface area contributed by atoms with E-state index in [9.17, 15) is 0 Å². The molecule has 4 fully saturated rings. The summed E-state index contributed by atoms with van der Waals surface area (Å²) in [4.78, 5) is 5.25. The molecule has 304 valence electrons. The molecule has 0 radical (unpaired) electrons. The highest BCUT2D eigenvalue weighted by Gasteiger charge is 2.54. The monoisotopic (exact) mass is 828 g/mol. The van der Waals surface area contributed by atoms with Gasteiger partial charge in [0.05, 0.1) is 9.99 Å². The van der Waals surface area contributed by atoms with Crippen LogP contribution in [0.3, 0.4) is 0 Å². The van der Waals surface area contributed by atoms with Crippen LogP contribution in [0.4, 0.5) is 11.4 Å². The first kappa shape index (κ1) is 41.4. The summed E-state index contributed by atoms with van der Waals surface area (Å²) in [5.41, 5.74) is 17.8. The summed E-state index contributed by atoms with van der Waals surface area (Å²) in [6, 6.07) is 31.3. The lowest BCUT2D eigenvalue weighted by Gasteiger charge is -2.52. The van der Waals surface area contributed by atoms with Gasteiger partial charge in [0.2, 0.25) is 0 Å². The lowest BCUT2D eigenvalue weighted by Crippen LogP contribution is -2.42. The van der Waals surface area contributed by atoms with E-state index in [0.29, 0.717) is 11.3 Å². The fourth-order valence-electron chi connectivity index (χ4n) is 11.3. The molecule has 1 aliphatic heterocycles. The van der Waals surface area contributed by atoms with E-state index in [1.807, 2.05) is 0 Å². The van der Waals surface area contributed by atoms with Gasteiger partial charge in [-0.2, -0.15) is 0 Å². The molecule has 2 atom stereocenters. The van der Waals surface area contributed by atoms with Gasteiger partial charge in [0.1, 0.15) is 5.82 Å². The van der Waals surface area contributed by atoms with Crippen LogP contribution in [-0.4, -0.2) is 34.4 Å². The van der Waals surface area contributed by atoms with Crippen LogP contribution in [-0.2, 0) is 0 Å². The Morgan fingerprint density at radius 1 is 0.586 bits per heavy atom. The smallest absolute Gasteiger partial charge is 0.119 e. The highest BCUT2D eigenvalue weighted by Crippen LogP contribution is 2.72. The third-order valence-corrected chi connectivity index (χ3v) is 18.7. The molecule has 3 saturated carbocycles. The van der Waals surface area contributed by atoms with Crippen LogP contribution < -0.4 is 9.80 Å². The van der Waals surface area contributed by atoms with Crippen molar-refractivity contribution >= 4 is 54.7 Å². The Labute approximate surface area is 361 Å². The van der Waals surface area contributed by atoms with Crippen LogP contribution in [0.2, 0.25) is 0 Å². The maximum Gasteiger partial charge on any atom is 0.119 e. The van der Waals surface area contributed by atoms with Crippen molar-refractivity contribution in [3.8, 4) is 0 Å². The zero-order chi connectivity index (χ0) is 40.6. The number of allylic oxidation sites excluding steroid dienone is 3. The maximum absolute atomic E-state index is 8.78. The first-order valence-corrected chi connectivity index (χ1v) is 24.4. The first-order chi connectivity index (χ1) is 28.0. The minimum atomic E-state index is -0.607. The van der Waals surface area contributed by atoms with Gasteiger partial charge in [0.15, 0.2) is 0 Å². The molecule has 1 heterocycles. The van der Waals surface area contributed by atoms with Crippen molar-refractivity contribution in [3.05, 3.63) is 152 Å². The number of aryl methyl sites for hydroxylation is 6. The molecule has 2 unspecified atom stereocenters. The van der Waals surface area contributed by atoms with Gasteiger partial charge < -0.3 is 9.80 Å². The van der Waals surface area contributed by atoms with Crippen molar-refractivity contribution in [2.45, 2.75) is 133 Å². The second-order valence-corrected chi connectivity index (χ2v) is 22.3. The highest BCUT2D eigenvalue weighted by atomic mass is 35.5. The molecule has 2 nitrogen and oxygen atoms in total. The molecule has 5 heteroatoms. The Morgan fingerprint density at radius 2 is 1.00 bits per heavy atom. The van der Waals surface area contributed by atoms with Crippen molar-refractivity contribution in [1.29, 1.82) is 0 Å². The van der Waals surface area contributed by atoms with Crippen LogP contribution in [0.25, 0.3) is 12.2 Å². The number of rotatable bonds is 7. The largest absolute Gasteiger partial charge is 0.325 e. The van der Waals surface area contributed by atoms with Crippen LogP contribution >= 0.6 is 31.1 Å². The van der Waals surface area contributed by atoms with Gasteiger partial charge in [0, 0.05) is 30.0 Å². The first-order valence-electron chi connectivity index (χ1n) is 22.1. The van der Waals surface area contributed by atoms with Crippen molar-refractivity contribution in [2.24, 2.45) is 0 Å². The average molecular weight is 830 g/mol. The SMILES string of the molecule is Cc1cc(C)c(N2CCN(c3c(C)cc(C)cc3C)C2=C2C(=Cc3ccccc3)CC(Cl)(P(C3CCCCC3)C3CCCCC3)C(=Cc3ccccc3)C2Cl)c(C)c1. The van der Waals surface area contributed by atoms with Gasteiger partial charge in [-0.1, -0.05) is 155 Å². The second kappa shape index (κ2) is 17.7. The number of benzene rings is 4. The number of anilines is 2. The van der Waals surface area contributed by atoms with Crippen LogP contribution in [0.1, 0.15) is 115 Å². The summed E-state index contributed by atoms with van der Waals surface area (Å²) >= 11 is 17.2. The summed E-state index contributed by atoms with van der Waals surface area (Å²) in [6.07, 6.45) is 18.8. The van der Waals surface area contributed by atoms with Gasteiger partial charge in [-0.05, 0) is 129 Å². The molecule has 1 saturated heterocycles. The standard InChI is InChI=1S/C53H63Cl2N2P/c1-36-29-38(3)50(39(4)30-36)56-27-28-57(51-40(5)31-37(2)32-41(51)6)52(56)48-44(33-42-19-11-7-12-20-42)35-53(55,47(49(48)54)34-43-21-13-8-14-22-43)58(45-23-15-9-16-24-45)46-25-17-10-18-26-46/h7-8,11-14,19-22,29-34,45-46,49H,9-10,15-18,23-28,35H2,1-6H3. The quantitative estimate of drug-likeness (QED) is 0.135. The van der Waals surface area contributed by atoms with E-state index >= 15 is 0 Å². The minimum absolute atomic E-state index is 0.422. The van der Waals surface area contributed by atoms with E-state index in [0.717, 1.165) is 19.5 Å². The van der Waals surface area contributed by atoms with Crippen LogP contribution in [0.15, 0.2) is 107 Å². The minimum Gasteiger partial charge on any atom is -0.325 e. The zero-order valence-electron chi connectivity index (χ0n) is 35.8. The van der Waals surface area contributed by atoms with Gasteiger partial charge in [-0.15, -0.1) is 23.2 Å². The van der Waals surface area contributed by atoms with Crippen molar-refractivity contribution in [1.82, 2.24) is 0 Å².